The Morgan fingerprint density at radius 3 is 2.38 bits per heavy atom. The van der Waals surface area contributed by atoms with Crippen LogP contribution < -0.4 is 24.8 Å². The number of hydrogen-bond donors (Lipinski definition) is 2. The molecule has 1 aliphatic rings. The van der Waals surface area contributed by atoms with E-state index < -0.39 is 0 Å². The fraction of sp³-hybridized carbons (Fsp3) is 0.417. The lowest BCUT2D eigenvalue weighted by Crippen LogP contribution is -2.28. The van der Waals surface area contributed by atoms with Gasteiger partial charge in [-0.15, -0.1) is 0 Å². The second kappa shape index (κ2) is 10.9. The topological polar surface area (TPSA) is 89.1 Å². The fourth-order valence-corrected chi connectivity index (χ4v) is 3.44. The Labute approximate surface area is 188 Å². The lowest BCUT2D eigenvalue weighted by Gasteiger charge is -2.20. The first kappa shape index (κ1) is 23.4. The quantitative estimate of drug-likeness (QED) is 0.557. The van der Waals surface area contributed by atoms with Crippen LogP contribution in [0.25, 0.3) is 0 Å². The van der Waals surface area contributed by atoms with Crippen molar-refractivity contribution in [3.05, 3.63) is 47.5 Å². The van der Waals surface area contributed by atoms with Gasteiger partial charge in [0.2, 0.25) is 11.7 Å². The highest BCUT2D eigenvalue weighted by Crippen LogP contribution is 2.40. The molecular formula is C24H31N3O5. The van der Waals surface area contributed by atoms with Crippen LogP contribution in [0, 0.1) is 0 Å². The van der Waals surface area contributed by atoms with Crippen molar-refractivity contribution in [2.75, 3.05) is 40.2 Å². The number of carbonyl (C=O) groups excluding carboxylic acids is 2. The molecule has 2 aromatic carbocycles. The maximum absolute atomic E-state index is 12.6. The Bertz CT molecular complexity index is 959. The number of methoxy groups -OCH3 is 3. The van der Waals surface area contributed by atoms with E-state index in [9.17, 15) is 9.59 Å². The van der Waals surface area contributed by atoms with E-state index in [2.05, 4.69) is 10.6 Å². The highest BCUT2D eigenvalue weighted by atomic mass is 16.5. The zero-order valence-corrected chi connectivity index (χ0v) is 19.1. The molecule has 8 nitrogen and oxygen atoms in total. The predicted octanol–water partition coefficient (Wildman–Crippen LogP) is 3.07. The van der Waals surface area contributed by atoms with Crippen molar-refractivity contribution in [3.8, 4) is 17.2 Å². The van der Waals surface area contributed by atoms with Crippen molar-refractivity contribution < 1.29 is 23.8 Å². The summed E-state index contributed by atoms with van der Waals surface area (Å²) in [7, 11) is 6.67. The van der Waals surface area contributed by atoms with Gasteiger partial charge in [-0.05, 0) is 38.1 Å². The van der Waals surface area contributed by atoms with Gasteiger partial charge in [-0.2, -0.15) is 0 Å². The highest BCUT2D eigenvalue weighted by molar-refractivity contribution is 6.03. The smallest absolute Gasteiger partial charge is 0.253 e. The summed E-state index contributed by atoms with van der Waals surface area (Å²) in [6.07, 6.45) is 2.31. The van der Waals surface area contributed by atoms with E-state index >= 15 is 0 Å². The van der Waals surface area contributed by atoms with Gasteiger partial charge < -0.3 is 29.7 Å². The van der Waals surface area contributed by atoms with Gasteiger partial charge in [0.05, 0.1) is 32.6 Å². The monoisotopic (exact) mass is 441 g/mol. The van der Waals surface area contributed by atoms with E-state index in [-0.39, 0.29) is 24.3 Å². The molecule has 1 saturated carbocycles. The number of carbonyl (C=O) groups is 2. The van der Waals surface area contributed by atoms with Gasteiger partial charge in [0.1, 0.15) is 0 Å². The summed E-state index contributed by atoms with van der Waals surface area (Å²) in [6.45, 7) is 1.09. The number of nitrogens with one attached hydrogen (secondary N) is 2. The number of benzene rings is 2. The molecule has 0 bridgehead atoms. The Morgan fingerprint density at radius 2 is 1.72 bits per heavy atom. The maximum Gasteiger partial charge on any atom is 0.253 e. The fourth-order valence-electron chi connectivity index (χ4n) is 3.44. The van der Waals surface area contributed by atoms with Crippen molar-refractivity contribution in [1.29, 1.82) is 0 Å². The van der Waals surface area contributed by atoms with E-state index in [0.29, 0.717) is 41.6 Å². The summed E-state index contributed by atoms with van der Waals surface area (Å²) in [5.41, 5.74) is 1.94. The van der Waals surface area contributed by atoms with Gasteiger partial charge in [0.15, 0.2) is 11.5 Å². The van der Waals surface area contributed by atoms with Crippen LogP contribution in [0.2, 0.25) is 0 Å². The Kier molecular flexibility index (Phi) is 7.94. The molecule has 0 unspecified atom stereocenters. The number of amides is 2. The molecule has 0 heterocycles. The summed E-state index contributed by atoms with van der Waals surface area (Å²) in [5, 5.41) is 5.83. The minimum atomic E-state index is -0.152. The third-order valence-corrected chi connectivity index (χ3v) is 5.30. The van der Waals surface area contributed by atoms with Crippen LogP contribution in [-0.4, -0.2) is 57.7 Å². The molecule has 8 heteroatoms. The van der Waals surface area contributed by atoms with Gasteiger partial charge in [0, 0.05) is 31.1 Å². The van der Waals surface area contributed by atoms with Crippen molar-refractivity contribution >= 4 is 17.5 Å². The SMILES string of the molecule is COc1ccc(CN(C)CCC(=O)Nc2ccccc2C(=O)NC2CC2)c(OC)c1OC. The van der Waals surface area contributed by atoms with Crippen LogP contribution >= 0.6 is 0 Å². The summed E-state index contributed by atoms with van der Waals surface area (Å²) in [4.78, 5) is 27.0. The first-order valence-corrected chi connectivity index (χ1v) is 10.6. The molecule has 3 rings (SSSR count). The molecule has 172 valence electrons. The molecule has 2 amide bonds. The van der Waals surface area contributed by atoms with Gasteiger partial charge in [-0.3, -0.25) is 9.59 Å². The number of rotatable bonds is 11. The van der Waals surface area contributed by atoms with Crippen molar-refractivity contribution in [2.45, 2.75) is 31.8 Å². The van der Waals surface area contributed by atoms with E-state index in [1.54, 1.807) is 45.6 Å². The number of ether oxygens (including phenoxy) is 3. The summed E-state index contributed by atoms with van der Waals surface area (Å²) in [6, 6.07) is 11.1. The average Bonchev–Trinajstić information content (AvgIpc) is 3.61. The average molecular weight is 442 g/mol. The minimum absolute atomic E-state index is 0.150. The van der Waals surface area contributed by atoms with Crippen molar-refractivity contribution in [1.82, 2.24) is 10.2 Å². The van der Waals surface area contributed by atoms with E-state index in [4.69, 9.17) is 14.2 Å². The second-order valence-electron chi connectivity index (χ2n) is 7.82. The molecule has 2 aromatic rings. The third-order valence-electron chi connectivity index (χ3n) is 5.30. The second-order valence-corrected chi connectivity index (χ2v) is 7.82. The van der Waals surface area contributed by atoms with Crippen LogP contribution in [0.15, 0.2) is 36.4 Å². The zero-order chi connectivity index (χ0) is 23.1. The Hall–Kier alpha value is -3.26. The standard InChI is InChI=1S/C24H31N3O5/c1-27(15-16-9-12-20(30-2)23(32-4)22(16)31-3)14-13-21(28)26-19-8-6-5-7-18(19)24(29)25-17-10-11-17/h5-9,12,17H,10-11,13-15H2,1-4H3,(H,25,29)(H,26,28). The first-order chi connectivity index (χ1) is 15.5. The molecule has 32 heavy (non-hydrogen) atoms. The molecule has 1 fully saturated rings. The van der Waals surface area contributed by atoms with Gasteiger partial charge in [-0.25, -0.2) is 0 Å². The summed E-state index contributed by atoms with van der Waals surface area (Å²) >= 11 is 0. The molecule has 0 radical (unpaired) electrons. The summed E-state index contributed by atoms with van der Waals surface area (Å²) in [5.74, 6) is 1.45. The molecule has 0 saturated heterocycles. The van der Waals surface area contributed by atoms with Crippen molar-refractivity contribution in [2.24, 2.45) is 0 Å². The number of para-hydroxylation sites is 1. The third kappa shape index (κ3) is 5.91. The van der Waals surface area contributed by atoms with E-state index in [1.807, 2.05) is 24.1 Å². The highest BCUT2D eigenvalue weighted by Gasteiger charge is 2.25. The van der Waals surface area contributed by atoms with Gasteiger partial charge >= 0.3 is 0 Å². The number of hydrogen-bond acceptors (Lipinski definition) is 6. The molecule has 1 aliphatic carbocycles. The molecule has 0 spiro atoms. The predicted molar refractivity (Wildman–Crippen MR) is 123 cm³/mol. The van der Waals surface area contributed by atoms with Crippen LogP contribution in [0.5, 0.6) is 17.2 Å². The molecule has 0 aromatic heterocycles. The van der Waals surface area contributed by atoms with E-state index in [0.717, 1.165) is 18.4 Å². The maximum atomic E-state index is 12.6. The number of nitrogens with zero attached hydrogens (tertiary/aromatic N) is 1. The lowest BCUT2D eigenvalue weighted by molar-refractivity contribution is -0.116. The molecule has 0 atom stereocenters. The Morgan fingerprint density at radius 1 is 1.00 bits per heavy atom. The Balaban J connectivity index is 1.57. The number of anilines is 1. The van der Waals surface area contributed by atoms with Gasteiger partial charge in [-0.1, -0.05) is 18.2 Å². The zero-order valence-electron chi connectivity index (χ0n) is 19.1. The van der Waals surface area contributed by atoms with Crippen molar-refractivity contribution in [3.63, 3.8) is 0 Å². The normalized spacial score (nSPS) is 12.9. The van der Waals surface area contributed by atoms with Crippen LogP contribution in [0.3, 0.4) is 0 Å². The molecule has 2 N–H and O–H groups in total. The van der Waals surface area contributed by atoms with Crippen LogP contribution in [0.4, 0.5) is 5.69 Å². The largest absolute Gasteiger partial charge is 0.493 e. The molecular weight excluding hydrogens is 410 g/mol. The van der Waals surface area contributed by atoms with Crippen LogP contribution in [0.1, 0.15) is 35.2 Å². The van der Waals surface area contributed by atoms with Gasteiger partial charge in [0.25, 0.3) is 5.91 Å². The van der Waals surface area contributed by atoms with Crippen LogP contribution in [-0.2, 0) is 11.3 Å². The summed E-state index contributed by atoms with van der Waals surface area (Å²) < 4.78 is 16.3. The van der Waals surface area contributed by atoms with E-state index in [1.165, 1.54) is 0 Å². The molecule has 0 aliphatic heterocycles. The lowest BCUT2D eigenvalue weighted by atomic mass is 10.1. The first-order valence-electron chi connectivity index (χ1n) is 10.6. The minimum Gasteiger partial charge on any atom is -0.493 e.